The minimum absolute atomic E-state index is 0.0146. The second-order valence-electron chi connectivity index (χ2n) is 9.02. The molecule has 0 aliphatic carbocycles. The molecule has 0 radical (unpaired) electrons. The molecule has 6 nitrogen and oxygen atoms in total. The summed E-state index contributed by atoms with van der Waals surface area (Å²) in [6.45, 7) is 10.1. The topological polar surface area (TPSA) is 75.2 Å². The Kier molecular flexibility index (Phi) is 4.60. The van der Waals surface area contributed by atoms with Gasteiger partial charge in [-0.25, -0.2) is 14.8 Å². The van der Waals surface area contributed by atoms with Crippen molar-refractivity contribution in [3.8, 4) is 0 Å². The molecule has 2 aromatic carbocycles. The number of benzene rings is 2. The number of amides is 3. The zero-order valence-electron chi connectivity index (χ0n) is 18.0. The van der Waals surface area contributed by atoms with E-state index < -0.39 is 11.6 Å². The summed E-state index contributed by atoms with van der Waals surface area (Å²) in [4.78, 5) is 36.4. The monoisotopic (exact) mass is 402 g/mol. The van der Waals surface area contributed by atoms with Gasteiger partial charge in [-0.15, -0.1) is 0 Å². The van der Waals surface area contributed by atoms with E-state index in [-0.39, 0.29) is 17.9 Å². The van der Waals surface area contributed by atoms with Crippen molar-refractivity contribution in [2.45, 2.75) is 52.1 Å². The van der Waals surface area contributed by atoms with Crippen LogP contribution in [-0.4, -0.2) is 26.8 Å². The summed E-state index contributed by atoms with van der Waals surface area (Å²) < 4.78 is 0. The Morgan fingerprint density at radius 1 is 0.967 bits per heavy atom. The molecule has 0 spiro atoms. The van der Waals surface area contributed by atoms with Crippen LogP contribution in [0.25, 0.3) is 11.0 Å². The first-order valence-corrected chi connectivity index (χ1v) is 10.1. The minimum atomic E-state index is -1.11. The summed E-state index contributed by atoms with van der Waals surface area (Å²) in [6.07, 6.45) is 0. The molecule has 1 fully saturated rings. The van der Waals surface area contributed by atoms with Gasteiger partial charge in [0.15, 0.2) is 0 Å². The van der Waals surface area contributed by atoms with Gasteiger partial charge in [-0.3, -0.25) is 9.69 Å². The van der Waals surface area contributed by atoms with Gasteiger partial charge in [0.2, 0.25) is 0 Å². The van der Waals surface area contributed by atoms with Gasteiger partial charge in [0, 0.05) is 0 Å². The van der Waals surface area contributed by atoms with E-state index in [1.165, 1.54) is 10.5 Å². The lowest BCUT2D eigenvalue weighted by Crippen LogP contribution is -2.41. The number of hydrogen-bond donors (Lipinski definition) is 1. The third-order valence-electron chi connectivity index (χ3n) is 5.75. The fourth-order valence-corrected chi connectivity index (χ4v) is 3.76. The van der Waals surface area contributed by atoms with Crippen molar-refractivity contribution in [3.63, 3.8) is 0 Å². The van der Waals surface area contributed by atoms with Gasteiger partial charge < -0.3 is 5.32 Å². The number of carbonyl (C=O) groups excluding carboxylic acids is 2. The van der Waals surface area contributed by atoms with Gasteiger partial charge in [-0.1, -0.05) is 57.2 Å². The van der Waals surface area contributed by atoms with Crippen molar-refractivity contribution >= 4 is 23.0 Å². The molecule has 1 aliphatic rings. The fourth-order valence-electron chi connectivity index (χ4n) is 3.76. The van der Waals surface area contributed by atoms with Crippen LogP contribution in [-0.2, 0) is 22.3 Å². The molecule has 1 aliphatic heterocycles. The van der Waals surface area contributed by atoms with Gasteiger partial charge in [-0.2, -0.15) is 0 Å². The molecule has 1 aromatic heterocycles. The highest BCUT2D eigenvalue weighted by atomic mass is 16.2. The van der Waals surface area contributed by atoms with Crippen LogP contribution in [0.1, 0.15) is 50.2 Å². The summed E-state index contributed by atoms with van der Waals surface area (Å²) in [7, 11) is 0. The molecular formula is C24H26N4O2. The Hall–Kier alpha value is -3.28. The first kappa shape index (κ1) is 20.0. The van der Waals surface area contributed by atoms with Crippen LogP contribution in [0.15, 0.2) is 48.5 Å². The summed E-state index contributed by atoms with van der Waals surface area (Å²) in [6, 6.07) is 15.0. The molecular weight excluding hydrogens is 376 g/mol. The Labute approximate surface area is 176 Å². The van der Waals surface area contributed by atoms with Crippen LogP contribution in [0.3, 0.4) is 0 Å². The standard InChI is InChI=1S/C24H26N4O2/c1-15-20(26-19-9-7-6-8-18(19)25-15)14-28-21(29)24(5,27-22(28)30)17-12-10-16(11-13-17)23(2,3)4/h6-13H,14H2,1-5H3,(H,27,30)/t24-/m0/s1. The molecule has 2 heterocycles. The number of aromatic nitrogens is 2. The highest BCUT2D eigenvalue weighted by molar-refractivity contribution is 6.07. The zero-order valence-corrected chi connectivity index (χ0v) is 18.0. The van der Waals surface area contributed by atoms with Crippen molar-refractivity contribution in [3.05, 3.63) is 71.0 Å². The maximum atomic E-state index is 13.3. The van der Waals surface area contributed by atoms with Crippen LogP contribution in [0.2, 0.25) is 0 Å². The Balaban J connectivity index is 1.63. The number of rotatable bonds is 3. The number of nitrogens with zero attached hydrogens (tertiary/aromatic N) is 3. The van der Waals surface area contributed by atoms with Crippen molar-refractivity contribution in [1.82, 2.24) is 20.2 Å². The number of fused-ring (bicyclic) bond motifs is 1. The van der Waals surface area contributed by atoms with Gasteiger partial charge in [0.05, 0.1) is 29.0 Å². The zero-order chi connectivity index (χ0) is 21.7. The van der Waals surface area contributed by atoms with Crippen molar-refractivity contribution in [2.75, 3.05) is 0 Å². The number of imide groups is 1. The van der Waals surface area contributed by atoms with E-state index in [4.69, 9.17) is 0 Å². The number of nitrogens with one attached hydrogen (secondary N) is 1. The van der Waals surface area contributed by atoms with Crippen LogP contribution in [0.5, 0.6) is 0 Å². The van der Waals surface area contributed by atoms with E-state index in [1.807, 2.05) is 55.5 Å². The predicted octanol–water partition coefficient (Wildman–Crippen LogP) is 4.20. The van der Waals surface area contributed by atoms with E-state index in [2.05, 4.69) is 36.1 Å². The third kappa shape index (κ3) is 3.32. The van der Waals surface area contributed by atoms with Crippen LogP contribution in [0, 0.1) is 6.92 Å². The largest absolute Gasteiger partial charge is 0.325 e. The van der Waals surface area contributed by atoms with Gasteiger partial charge in [0.25, 0.3) is 5.91 Å². The molecule has 1 N–H and O–H groups in total. The Morgan fingerprint density at radius 3 is 2.17 bits per heavy atom. The molecule has 0 unspecified atom stereocenters. The molecule has 6 heteroatoms. The van der Waals surface area contributed by atoms with Crippen LogP contribution in [0.4, 0.5) is 4.79 Å². The van der Waals surface area contributed by atoms with Gasteiger partial charge in [-0.05, 0) is 42.5 Å². The molecule has 154 valence electrons. The smallest absolute Gasteiger partial charge is 0.319 e. The second-order valence-corrected chi connectivity index (χ2v) is 9.02. The fraction of sp³-hybridized carbons (Fsp3) is 0.333. The van der Waals surface area contributed by atoms with Crippen LogP contribution >= 0.6 is 0 Å². The lowest BCUT2D eigenvalue weighted by atomic mass is 9.84. The summed E-state index contributed by atoms with van der Waals surface area (Å²) in [5.74, 6) is -0.287. The van der Waals surface area contributed by atoms with E-state index >= 15 is 0 Å². The maximum absolute atomic E-state index is 13.3. The number of urea groups is 1. The average molecular weight is 402 g/mol. The Morgan fingerprint density at radius 2 is 1.57 bits per heavy atom. The molecule has 0 bridgehead atoms. The van der Waals surface area contributed by atoms with Crippen molar-refractivity contribution in [1.29, 1.82) is 0 Å². The van der Waals surface area contributed by atoms with E-state index in [1.54, 1.807) is 6.92 Å². The first-order chi connectivity index (χ1) is 14.1. The molecule has 3 aromatic rings. The highest BCUT2D eigenvalue weighted by Crippen LogP contribution is 2.32. The summed E-state index contributed by atoms with van der Waals surface area (Å²) in [5.41, 5.74) is 3.70. The lowest BCUT2D eigenvalue weighted by Gasteiger charge is -2.24. The molecule has 1 saturated heterocycles. The molecule has 3 amide bonds. The molecule has 0 saturated carbocycles. The van der Waals surface area contributed by atoms with E-state index in [0.717, 1.165) is 16.6 Å². The molecule has 30 heavy (non-hydrogen) atoms. The highest BCUT2D eigenvalue weighted by Gasteiger charge is 2.49. The molecule has 1 atom stereocenters. The number of para-hydroxylation sites is 2. The maximum Gasteiger partial charge on any atom is 0.325 e. The molecule has 4 rings (SSSR count). The number of hydrogen-bond acceptors (Lipinski definition) is 4. The minimum Gasteiger partial charge on any atom is -0.319 e. The summed E-state index contributed by atoms with van der Waals surface area (Å²) >= 11 is 0. The van der Waals surface area contributed by atoms with E-state index in [9.17, 15) is 9.59 Å². The van der Waals surface area contributed by atoms with Crippen molar-refractivity contribution in [2.24, 2.45) is 0 Å². The average Bonchev–Trinajstić information content (AvgIpc) is 2.92. The van der Waals surface area contributed by atoms with E-state index in [0.29, 0.717) is 11.4 Å². The van der Waals surface area contributed by atoms with Crippen LogP contribution < -0.4 is 5.32 Å². The summed E-state index contributed by atoms with van der Waals surface area (Å²) in [5, 5.41) is 2.87. The predicted molar refractivity (Wildman–Crippen MR) is 116 cm³/mol. The number of carbonyl (C=O) groups is 2. The van der Waals surface area contributed by atoms with Gasteiger partial charge in [0.1, 0.15) is 5.54 Å². The van der Waals surface area contributed by atoms with Gasteiger partial charge >= 0.3 is 6.03 Å². The second kappa shape index (κ2) is 6.90. The first-order valence-electron chi connectivity index (χ1n) is 10.1. The Bertz CT molecular complexity index is 1150. The normalized spacial score (nSPS) is 19.4. The quantitative estimate of drug-likeness (QED) is 0.666. The van der Waals surface area contributed by atoms with Crippen molar-refractivity contribution < 1.29 is 9.59 Å². The number of aryl methyl sites for hydroxylation is 1. The third-order valence-corrected chi connectivity index (χ3v) is 5.75. The SMILES string of the molecule is Cc1nc2ccccc2nc1CN1C(=O)N[C@@](C)(c2ccc(C(C)(C)C)cc2)C1=O. The lowest BCUT2D eigenvalue weighted by molar-refractivity contribution is -0.131.